The molecule has 29 heavy (non-hydrogen) atoms. The van der Waals surface area contributed by atoms with Crippen molar-refractivity contribution in [2.24, 2.45) is 0 Å². The molecule has 1 amide bonds. The van der Waals surface area contributed by atoms with E-state index in [-0.39, 0.29) is 5.57 Å². The zero-order valence-electron chi connectivity index (χ0n) is 15.2. The summed E-state index contributed by atoms with van der Waals surface area (Å²) in [5, 5.41) is 14.1. The van der Waals surface area contributed by atoms with Crippen LogP contribution in [0.1, 0.15) is 5.56 Å². The van der Waals surface area contributed by atoms with E-state index in [0.29, 0.717) is 34.1 Å². The number of halogens is 1. The van der Waals surface area contributed by atoms with Crippen molar-refractivity contribution in [1.29, 1.82) is 5.26 Å². The highest BCUT2D eigenvalue weighted by Crippen LogP contribution is 2.27. The second-order valence-corrected chi connectivity index (χ2v) is 7.41. The fourth-order valence-electron chi connectivity index (χ4n) is 2.32. The normalized spacial score (nSPS) is 10.8. The van der Waals surface area contributed by atoms with E-state index in [2.05, 4.69) is 26.2 Å². The van der Waals surface area contributed by atoms with E-state index in [1.54, 1.807) is 29.8 Å². The third kappa shape index (κ3) is 6.17. The maximum absolute atomic E-state index is 12.2. The number of anilines is 1. The molecule has 146 valence electrons. The highest BCUT2D eigenvalue weighted by atomic mass is 79.9. The lowest BCUT2D eigenvalue weighted by atomic mass is 10.1. The van der Waals surface area contributed by atoms with Crippen molar-refractivity contribution in [2.45, 2.75) is 0 Å². The van der Waals surface area contributed by atoms with Crippen LogP contribution in [0.5, 0.6) is 11.5 Å². The van der Waals surface area contributed by atoms with Crippen LogP contribution in [-0.2, 0) is 4.79 Å². The Morgan fingerprint density at radius 2 is 2.00 bits per heavy atom. The Hall–Kier alpha value is -3.15. The van der Waals surface area contributed by atoms with Gasteiger partial charge in [-0.2, -0.15) is 5.26 Å². The van der Waals surface area contributed by atoms with Gasteiger partial charge in [-0.15, -0.1) is 11.3 Å². The Kier molecular flexibility index (Phi) is 7.39. The molecule has 0 saturated carbocycles. The smallest absolute Gasteiger partial charge is 0.268 e. The number of amides is 1. The van der Waals surface area contributed by atoms with Gasteiger partial charge in [-0.25, -0.2) is 4.98 Å². The van der Waals surface area contributed by atoms with Gasteiger partial charge in [0, 0.05) is 11.6 Å². The predicted octanol–water partition coefficient (Wildman–Crippen LogP) is 4.91. The zero-order valence-corrected chi connectivity index (χ0v) is 17.6. The minimum absolute atomic E-state index is 0.0166. The number of nitriles is 1. The van der Waals surface area contributed by atoms with Gasteiger partial charge in [0.2, 0.25) is 0 Å². The molecule has 8 heteroatoms. The first-order valence-electron chi connectivity index (χ1n) is 8.58. The summed E-state index contributed by atoms with van der Waals surface area (Å²) in [6.07, 6.45) is 3.09. The summed E-state index contributed by atoms with van der Waals surface area (Å²) in [5.41, 5.74) is 0.674. The van der Waals surface area contributed by atoms with Crippen molar-refractivity contribution < 1.29 is 14.3 Å². The monoisotopic (exact) mass is 469 g/mol. The second-order valence-electron chi connectivity index (χ2n) is 5.66. The lowest BCUT2D eigenvalue weighted by Crippen LogP contribution is -2.13. The molecule has 0 spiro atoms. The van der Waals surface area contributed by atoms with Crippen LogP contribution in [0.2, 0.25) is 0 Å². The molecule has 0 bridgehead atoms. The van der Waals surface area contributed by atoms with Gasteiger partial charge in [0.1, 0.15) is 36.4 Å². The van der Waals surface area contributed by atoms with E-state index in [1.807, 2.05) is 36.4 Å². The van der Waals surface area contributed by atoms with Gasteiger partial charge in [0.05, 0.1) is 4.47 Å². The van der Waals surface area contributed by atoms with Gasteiger partial charge in [-0.1, -0.05) is 24.3 Å². The number of nitrogens with one attached hydrogen (secondary N) is 1. The lowest BCUT2D eigenvalue weighted by Gasteiger charge is -2.10. The molecule has 0 aliphatic carbocycles. The fourth-order valence-corrected chi connectivity index (χ4v) is 3.35. The summed E-state index contributed by atoms with van der Waals surface area (Å²) in [6, 6.07) is 16.7. The van der Waals surface area contributed by atoms with Crippen molar-refractivity contribution in [3.05, 3.63) is 75.7 Å². The van der Waals surface area contributed by atoms with Gasteiger partial charge in [0.15, 0.2) is 5.13 Å². The minimum atomic E-state index is -0.503. The van der Waals surface area contributed by atoms with Crippen LogP contribution < -0.4 is 14.8 Å². The standard InChI is InChI=1S/C21H16BrN3O3S/c22-18-13-15(12-16(14-23)20(26)25-21-24-8-11-29-21)6-7-19(18)28-10-9-27-17-4-2-1-3-5-17/h1-8,11-13H,9-10H2,(H,24,25,26)/b16-12-. The maximum Gasteiger partial charge on any atom is 0.268 e. The highest BCUT2D eigenvalue weighted by Gasteiger charge is 2.11. The molecule has 0 unspecified atom stereocenters. The number of nitrogens with zero attached hydrogens (tertiary/aromatic N) is 2. The number of carbonyl (C=O) groups is 1. The van der Waals surface area contributed by atoms with Crippen LogP contribution in [0.4, 0.5) is 5.13 Å². The first-order valence-corrected chi connectivity index (χ1v) is 10.3. The molecule has 1 N–H and O–H groups in total. The molecule has 0 aliphatic rings. The van der Waals surface area contributed by atoms with E-state index in [4.69, 9.17) is 9.47 Å². The topological polar surface area (TPSA) is 84.2 Å². The van der Waals surface area contributed by atoms with Gasteiger partial charge in [-0.3, -0.25) is 10.1 Å². The van der Waals surface area contributed by atoms with E-state index < -0.39 is 5.91 Å². The number of para-hydroxylation sites is 1. The molecule has 0 fully saturated rings. The maximum atomic E-state index is 12.2. The van der Waals surface area contributed by atoms with Crippen molar-refractivity contribution >= 4 is 44.4 Å². The molecular formula is C21H16BrN3O3S. The number of hydrogen-bond donors (Lipinski definition) is 1. The Morgan fingerprint density at radius 3 is 2.69 bits per heavy atom. The molecule has 3 aromatic rings. The molecule has 0 saturated heterocycles. The van der Waals surface area contributed by atoms with Gasteiger partial charge in [-0.05, 0) is 51.8 Å². The number of carbonyl (C=O) groups excluding carboxylic acids is 1. The van der Waals surface area contributed by atoms with Crippen LogP contribution in [-0.4, -0.2) is 24.1 Å². The molecule has 1 heterocycles. The van der Waals surface area contributed by atoms with Gasteiger partial charge in [0.25, 0.3) is 5.91 Å². The fraction of sp³-hybridized carbons (Fsp3) is 0.0952. The summed E-state index contributed by atoms with van der Waals surface area (Å²) in [5.74, 6) is 0.928. The van der Waals surface area contributed by atoms with Crippen LogP contribution >= 0.6 is 27.3 Å². The first kappa shape index (κ1) is 20.6. The summed E-state index contributed by atoms with van der Waals surface area (Å²) in [4.78, 5) is 16.2. The third-order valence-corrected chi connectivity index (χ3v) is 4.95. The highest BCUT2D eigenvalue weighted by molar-refractivity contribution is 9.10. The van der Waals surface area contributed by atoms with Crippen LogP contribution in [0.15, 0.2) is 70.2 Å². The second kappa shape index (κ2) is 10.4. The van der Waals surface area contributed by atoms with E-state index in [9.17, 15) is 10.1 Å². The summed E-state index contributed by atoms with van der Waals surface area (Å²) >= 11 is 4.74. The van der Waals surface area contributed by atoms with E-state index >= 15 is 0 Å². The van der Waals surface area contributed by atoms with E-state index in [1.165, 1.54) is 17.4 Å². The number of benzene rings is 2. The number of rotatable bonds is 8. The van der Waals surface area contributed by atoms with Crippen molar-refractivity contribution in [3.63, 3.8) is 0 Å². The molecule has 3 rings (SSSR count). The van der Waals surface area contributed by atoms with E-state index in [0.717, 1.165) is 5.75 Å². The van der Waals surface area contributed by atoms with Gasteiger partial charge >= 0.3 is 0 Å². The number of hydrogen-bond acceptors (Lipinski definition) is 6. The summed E-state index contributed by atoms with van der Waals surface area (Å²) in [6.45, 7) is 0.788. The Balaban J connectivity index is 1.58. The molecular weight excluding hydrogens is 454 g/mol. The number of ether oxygens (including phenoxy) is 2. The van der Waals surface area contributed by atoms with Crippen LogP contribution in [0, 0.1) is 11.3 Å². The molecule has 2 aromatic carbocycles. The van der Waals surface area contributed by atoms with Crippen molar-refractivity contribution in [2.75, 3.05) is 18.5 Å². The molecule has 0 radical (unpaired) electrons. The zero-order chi connectivity index (χ0) is 20.5. The van der Waals surface area contributed by atoms with Gasteiger partial charge < -0.3 is 9.47 Å². The Morgan fingerprint density at radius 1 is 1.21 bits per heavy atom. The first-order chi connectivity index (χ1) is 14.2. The van der Waals surface area contributed by atoms with Crippen molar-refractivity contribution in [1.82, 2.24) is 4.98 Å². The third-order valence-electron chi connectivity index (χ3n) is 3.64. The number of thiazole rings is 1. The molecule has 0 atom stereocenters. The predicted molar refractivity (Wildman–Crippen MR) is 116 cm³/mol. The Bertz CT molecular complexity index is 1030. The van der Waals surface area contributed by atoms with Crippen molar-refractivity contribution in [3.8, 4) is 17.6 Å². The van der Waals surface area contributed by atoms with Crippen LogP contribution in [0.25, 0.3) is 6.08 Å². The average Bonchev–Trinajstić information content (AvgIpc) is 3.24. The lowest BCUT2D eigenvalue weighted by molar-refractivity contribution is -0.112. The Labute approximate surface area is 180 Å². The molecule has 1 aromatic heterocycles. The quantitative estimate of drug-likeness (QED) is 0.287. The largest absolute Gasteiger partial charge is 0.490 e. The minimum Gasteiger partial charge on any atom is -0.490 e. The molecule has 6 nitrogen and oxygen atoms in total. The SMILES string of the molecule is N#C/C(=C/c1ccc(OCCOc2ccccc2)c(Br)c1)C(=O)Nc1nccs1. The average molecular weight is 470 g/mol. The summed E-state index contributed by atoms with van der Waals surface area (Å²) in [7, 11) is 0. The number of aromatic nitrogens is 1. The molecule has 0 aliphatic heterocycles. The van der Waals surface area contributed by atoms with Crippen LogP contribution in [0.3, 0.4) is 0 Å². The summed E-state index contributed by atoms with van der Waals surface area (Å²) < 4.78 is 12.0.